The minimum absolute atomic E-state index is 0.169. The lowest BCUT2D eigenvalue weighted by atomic mass is 9.84. The van der Waals surface area contributed by atoms with Crippen molar-refractivity contribution in [2.24, 2.45) is 5.16 Å². The largest absolute Gasteiger partial charge is 0.467 e. The molecule has 2 saturated heterocycles. The van der Waals surface area contributed by atoms with Crippen LogP contribution in [0.5, 0.6) is 0 Å². The molecule has 28 heavy (non-hydrogen) atoms. The van der Waals surface area contributed by atoms with E-state index in [0.29, 0.717) is 31.8 Å². The number of benzene rings is 1. The number of nitrogens with zero attached hydrogens (tertiary/aromatic N) is 3. The Labute approximate surface area is 164 Å². The van der Waals surface area contributed by atoms with Gasteiger partial charge in [-0.15, -0.1) is 0 Å². The number of likely N-dealkylation sites (tertiary alicyclic amines) is 2. The summed E-state index contributed by atoms with van der Waals surface area (Å²) in [4.78, 5) is 33.4. The first kappa shape index (κ1) is 18.7. The summed E-state index contributed by atoms with van der Waals surface area (Å²) in [6, 6.07) is 7.46. The molecule has 1 aromatic rings. The maximum Gasteiger partial charge on any atom is 0.329 e. The normalized spacial score (nSPS) is 24.5. The van der Waals surface area contributed by atoms with Crippen LogP contribution in [0, 0.1) is 0 Å². The van der Waals surface area contributed by atoms with E-state index in [0.717, 1.165) is 12.8 Å². The number of rotatable bonds is 2. The third-order valence-electron chi connectivity index (χ3n) is 5.95. The first-order chi connectivity index (χ1) is 13.6. The van der Waals surface area contributed by atoms with Crippen molar-refractivity contribution in [2.75, 3.05) is 33.9 Å². The molecule has 2 fully saturated rings. The molecule has 1 atom stereocenters. The van der Waals surface area contributed by atoms with E-state index in [1.807, 2.05) is 12.1 Å². The molecule has 1 spiro atoms. The Hall–Kier alpha value is -2.61. The summed E-state index contributed by atoms with van der Waals surface area (Å²) >= 11 is 0. The van der Waals surface area contributed by atoms with E-state index in [-0.39, 0.29) is 18.2 Å². The first-order valence-corrected chi connectivity index (χ1v) is 9.52. The topological polar surface area (TPSA) is 80.7 Å². The van der Waals surface area contributed by atoms with E-state index >= 15 is 0 Å². The highest BCUT2D eigenvalue weighted by Gasteiger charge is 2.46. The molecule has 0 aliphatic carbocycles. The van der Waals surface area contributed by atoms with Crippen LogP contribution in [-0.4, -0.2) is 67.4 Å². The highest BCUT2D eigenvalue weighted by molar-refractivity contribution is 5.99. The molecule has 8 nitrogen and oxygen atoms in total. The number of amides is 2. The van der Waals surface area contributed by atoms with Crippen molar-refractivity contribution in [3.05, 3.63) is 35.4 Å². The lowest BCUT2D eigenvalue weighted by molar-refractivity contribution is -0.145. The number of oxime groups is 1. The van der Waals surface area contributed by atoms with E-state index in [9.17, 15) is 9.59 Å². The van der Waals surface area contributed by atoms with Crippen molar-refractivity contribution in [1.29, 1.82) is 0 Å². The van der Waals surface area contributed by atoms with Gasteiger partial charge in [-0.25, -0.2) is 9.59 Å². The molecule has 0 N–H and O–H groups in total. The maximum atomic E-state index is 13.1. The zero-order valence-corrected chi connectivity index (χ0v) is 16.2. The molecule has 0 bridgehead atoms. The fourth-order valence-electron chi connectivity index (χ4n) is 4.49. The second kappa shape index (κ2) is 7.43. The number of hydrogen-bond acceptors (Lipinski definition) is 6. The van der Waals surface area contributed by atoms with Gasteiger partial charge in [-0.2, -0.15) is 0 Å². The van der Waals surface area contributed by atoms with Crippen molar-refractivity contribution in [3.63, 3.8) is 0 Å². The summed E-state index contributed by atoms with van der Waals surface area (Å²) in [7, 11) is 2.78. The average molecular weight is 387 g/mol. The van der Waals surface area contributed by atoms with Crippen LogP contribution >= 0.6 is 0 Å². The molecule has 2 amide bonds. The summed E-state index contributed by atoms with van der Waals surface area (Å²) in [6.45, 7) is 2.05. The molecule has 3 heterocycles. The summed E-state index contributed by atoms with van der Waals surface area (Å²) in [5.74, 6) is -0.434. The van der Waals surface area contributed by atoms with E-state index in [4.69, 9.17) is 14.3 Å². The third kappa shape index (κ3) is 3.11. The molecule has 8 heteroatoms. The van der Waals surface area contributed by atoms with Crippen molar-refractivity contribution in [3.8, 4) is 0 Å². The molecule has 0 unspecified atom stereocenters. The van der Waals surface area contributed by atoms with E-state index < -0.39 is 12.0 Å². The van der Waals surface area contributed by atoms with Crippen molar-refractivity contribution < 1.29 is 23.9 Å². The quantitative estimate of drug-likeness (QED) is 0.572. The first-order valence-electron chi connectivity index (χ1n) is 9.52. The Morgan fingerprint density at radius 2 is 1.96 bits per heavy atom. The van der Waals surface area contributed by atoms with Gasteiger partial charge in [0, 0.05) is 19.5 Å². The fourth-order valence-corrected chi connectivity index (χ4v) is 4.49. The van der Waals surface area contributed by atoms with Gasteiger partial charge in [0.25, 0.3) is 0 Å². The molecule has 4 rings (SSSR count). The van der Waals surface area contributed by atoms with Gasteiger partial charge in [-0.1, -0.05) is 29.4 Å². The molecular formula is C20H25N3O5. The zero-order chi connectivity index (χ0) is 19.7. The van der Waals surface area contributed by atoms with Crippen LogP contribution in [0.4, 0.5) is 4.79 Å². The number of urea groups is 1. The lowest BCUT2D eigenvalue weighted by Gasteiger charge is -2.40. The molecule has 150 valence electrons. The van der Waals surface area contributed by atoms with Gasteiger partial charge in [0.05, 0.1) is 31.6 Å². The number of carbonyl (C=O) groups excluding carboxylic acids is 2. The van der Waals surface area contributed by atoms with Gasteiger partial charge in [-0.3, -0.25) is 0 Å². The monoisotopic (exact) mass is 387 g/mol. The minimum atomic E-state index is -0.661. The van der Waals surface area contributed by atoms with Crippen molar-refractivity contribution in [1.82, 2.24) is 9.80 Å². The van der Waals surface area contributed by atoms with E-state index in [2.05, 4.69) is 17.3 Å². The molecule has 0 saturated carbocycles. The second-order valence-corrected chi connectivity index (χ2v) is 7.42. The highest BCUT2D eigenvalue weighted by atomic mass is 16.6. The smallest absolute Gasteiger partial charge is 0.329 e. The fraction of sp³-hybridized carbons (Fsp3) is 0.550. The van der Waals surface area contributed by atoms with Crippen LogP contribution in [0.15, 0.2) is 29.4 Å². The maximum absolute atomic E-state index is 13.1. The van der Waals surface area contributed by atoms with Crippen LogP contribution in [0.1, 0.15) is 30.4 Å². The minimum Gasteiger partial charge on any atom is -0.467 e. The summed E-state index contributed by atoms with van der Waals surface area (Å²) in [6.07, 6.45) is 1.82. The summed E-state index contributed by atoms with van der Waals surface area (Å²) < 4.78 is 11.0. The van der Waals surface area contributed by atoms with Gasteiger partial charge in [0.2, 0.25) is 0 Å². The number of carbonyl (C=O) groups is 2. The average Bonchev–Trinajstić information content (AvgIpc) is 3.31. The predicted molar refractivity (Wildman–Crippen MR) is 101 cm³/mol. The highest BCUT2D eigenvalue weighted by Crippen LogP contribution is 2.44. The molecular weight excluding hydrogens is 362 g/mol. The summed E-state index contributed by atoms with van der Waals surface area (Å²) in [5, 5.41) is 3.93. The van der Waals surface area contributed by atoms with Crippen LogP contribution in [0.25, 0.3) is 0 Å². The molecule has 0 radical (unpaired) electrons. The molecule has 0 aromatic heterocycles. The van der Waals surface area contributed by atoms with Gasteiger partial charge < -0.3 is 24.1 Å². The van der Waals surface area contributed by atoms with Gasteiger partial charge in [0.15, 0.2) is 0 Å². The number of esters is 1. The predicted octanol–water partition coefficient (Wildman–Crippen LogP) is 1.88. The third-order valence-corrected chi connectivity index (χ3v) is 5.95. The lowest BCUT2D eigenvalue weighted by Crippen LogP contribution is -2.52. The second-order valence-electron chi connectivity index (χ2n) is 7.42. The van der Waals surface area contributed by atoms with Crippen LogP contribution in [0.3, 0.4) is 0 Å². The zero-order valence-electron chi connectivity index (χ0n) is 16.2. The van der Waals surface area contributed by atoms with Gasteiger partial charge in [0.1, 0.15) is 13.2 Å². The molecule has 1 aromatic carbocycles. The van der Waals surface area contributed by atoms with Crippen molar-refractivity contribution >= 4 is 17.7 Å². The molecule has 3 aliphatic heterocycles. The Morgan fingerprint density at radius 1 is 1.21 bits per heavy atom. The van der Waals surface area contributed by atoms with E-state index in [1.165, 1.54) is 30.2 Å². The van der Waals surface area contributed by atoms with Crippen LogP contribution < -0.4 is 0 Å². The number of methoxy groups -OCH3 is 1. The van der Waals surface area contributed by atoms with Crippen LogP contribution in [0.2, 0.25) is 0 Å². The van der Waals surface area contributed by atoms with Crippen LogP contribution in [-0.2, 0) is 31.3 Å². The molecule has 3 aliphatic rings. The SMILES string of the molecule is CON=C1C[C@@H](C(=O)OC)N(C(=O)N2CCC3(CC2)OCc2ccccc23)C1. The Balaban J connectivity index is 1.46. The standard InChI is InChI=1S/C20H25N3O5/c1-26-18(24)17-11-15(21-27-2)12-23(17)19(25)22-9-7-20(8-10-22)16-6-4-3-5-14(16)13-28-20/h3-6,17H,7-13H2,1-2H3/t17-/m0/s1. The Kier molecular flexibility index (Phi) is 4.97. The summed E-state index contributed by atoms with van der Waals surface area (Å²) in [5.41, 5.74) is 2.83. The Morgan fingerprint density at radius 3 is 2.68 bits per heavy atom. The Bertz CT molecular complexity index is 801. The number of fused-ring (bicyclic) bond motifs is 2. The number of ether oxygens (including phenoxy) is 2. The van der Waals surface area contributed by atoms with Gasteiger partial charge >= 0.3 is 12.0 Å². The number of hydrogen-bond donors (Lipinski definition) is 0. The van der Waals surface area contributed by atoms with E-state index in [1.54, 1.807) is 4.90 Å². The van der Waals surface area contributed by atoms with Crippen molar-refractivity contribution in [2.45, 2.75) is 37.5 Å². The number of piperidine rings is 1. The van der Waals surface area contributed by atoms with Gasteiger partial charge in [-0.05, 0) is 24.0 Å².